The fourth-order valence-corrected chi connectivity index (χ4v) is 3.00. The number of carboxylic acid groups (broad SMARTS) is 1. The summed E-state index contributed by atoms with van der Waals surface area (Å²) in [5.41, 5.74) is 0. The van der Waals surface area contributed by atoms with Gasteiger partial charge in [-0.25, -0.2) is 0 Å². The maximum atomic E-state index is 11.2. The number of aliphatic carboxylic acids is 1. The molecule has 0 aromatic carbocycles. The highest BCUT2D eigenvalue weighted by Gasteiger charge is 2.32. The predicted molar refractivity (Wildman–Crippen MR) is 67.0 cm³/mol. The molecular formula is C13H24N2O2. The van der Waals surface area contributed by atoms with Crippen molar-refractivity contribution < 1.29 is 9.90 Å². The Hall–Kier alpha value is -0.610. The first-order chi connectivity index (χ1) is 8.19. The van der Waals surface area contributed by atoms with E-state index in [-0.39, 0.29) is 5.92 Å². The lowest BCUT2D eigenvalue weighted by molar-refractivity contribution is -0.144. The fraction of sp³-hybridized carbons (Fsp3) is 0.923. The van der Waals surface area contributed by atoms with E-state index in [1.165, 1.54) is 19.3 Å². The average Bonchev–Trinajstić information content (AvgIpc) is 2.24. The van der Waals surface area contributed by atoms with E-state index in [0.29, 0.717) is 6.04 Å². The third-order valence-electron chi connectivity index (χ3n) is 4.11. The number of nitrogens with zero attached hydrogens (tertiary/aromatic N) is 1. The van der Waals surface area contributed by atoms with Gasteiger partial charge in [0.1, 0.15) is 0 Å². The number of carboxylic acids is 1. The largest absolute Gasteiger partial charge is 0.481 e. The van der Waals surface area contributed by atoms with Gasteiger partial charge in [-0.2, -0.15) is 0 Å². The highest BCUT2D eigenvalue weighted by molar-refractivity contribution is 5.70. The Balaban J connectivity index is 1.87. The first-order valence-electron chi connectivity index (χ1n) is 6.87. The van der Waals surface area contributed by atoms with Gasteiger partial charge >= 0.3 is 5.97 Å². The van der Waals surface area contributed by atoms with E-state index in [2.05, 4.69) is 17.1 Å². The maximum absolute atomic E-state index is 11.2. The molecule has 0 bridgehead atoms. The summed E-state index contributed by atoms with van der Waals surface area (Å²) in [6, 6.07) is 0.356. The zero-order valence-electron chi connectivity index (χ0n) is 10.7. The molecule has 1 saturated carbocycles. The normalized spacial score (nSPS) is 31.1. The van der Waals surface area contributed by atoms with Gasteiger partial charge in [0.2, 0.25) is 0 Å². The van der Waals surface area contributed by atoms with Crippen LogP contribution >= 0.6 is 0 Å². The van der Waals surface area contributed by atoms with Crippen molar-refractivity contribution in [3.05, 3.63) is 0 Å². The maximum Gasteiger partial charge on any atom is 0.307 e. The van der Waals surface area contributed by atoms with Crippen molar-refractivity contribution in [3.8, 4) is 0 Å². The summed E-state index contributed by atoms with van der Waals surface area (Å²) < 4.78 is 0. The van der Waals surface area contributed by atoms with E-state index in [1.807, 2.05) is 0 Å². The van der Waals surface area contributed by atoms with Crippen molar-refractivity contribution in [2.45, 2.75) is 38.6 Å². The lowest BCUT2D eigenvalue weighted by Crippen LogP contribution is -2.52. The summed E-state index contributed by atoms with van der Waals surface area (Å²) in [4.78, 5) is 13.5. The molecule has 2 unspecified atom stereocenters. The van der Waals surface area contributed by atoms with Gasteiger partial charge in [0.25, 0.3) is 0 Å². The van der Waals surface area contributed by atoms with Crippen LogP contribution in [0.25, 0.3) is 0 Å². The van der Waals surface area contributed by atoms with Crippen LogP contribution in [-0.2, 0) is 4.79 Å². The molecular weight excluding hydrogens is 216 g/mol. The van der Waals surface area contributed by atoms with Crippen LogP contribution < -0.4 is 5.32 Å². The second-order valence-corrected chi connectivity index (χ2v) is 5.54. The average molecular weight is 240 g/mol. The minimum atomic E-state index is -0.633. The summed E-state index contributed by atoms with van der Waals surface area (Å²) in [6.07, 6.45) is 4.81. The highest BCUT2D eigenvalue weighted by Crippen LogP contribution is 2.28. The zero-order valence-corrected chi connectivity index (χ0v) is 10.7. The first kappa shape index (κ1) is 12.8. The predicted octanol–water partition coefficient (Wildman–Crippen LogP) is 1.17. The Bertz CT molecular complexity index is 266. The van der Waals surface area contributed by atoms with Crippen LogP contribution in [0.4, 0.5) is 0 Å². The molecule has 0 spiro atoms. The first-order valence-corrected chi connectivity index (χ1v) is 6.87. The Morgan fingerprint density at radius 2 is 2.18 bits per heavy atom. The van der Waals surface area contributed by atoms with Crippen molar-refractivity contribution in [2.75, 3.05) is 26.2 Å². The van der Waals surface area contributed by atoms with Crippen molar-refractivity contribution in [3.63, 3.8) is 0 Å². The van der Waals surface area contributed by atoms with Gasteiger partial charge in [0, 0.05) is 25.7 Å². The monoisotopic (exact) mass is 240 g/mol. The number of hydrogen-bond acceptors (Lipinski definition) is 3. The van der Waals surface area contributed by atoms with E-state index in [0.717, 1.165) is 38.5 Å². The fourth-order valence-electron chi connectivity index (χ4n) is 3.00. The van der Waals surface area contributed by atoms with E-state index >= 15 is 0 Å². The van der Waals surface area contributed by atoms with E-state index in [9.17, 15) is 9.90 Å². The number of rotatable bonds is 5. The van der Waals surface area contributed by atoms with Crippen LogP contribution in [0.2, 0.25) is 0 Å². The highest BCUT2D eigenvalue weighted by atomic mass is 16.4. The molecule has 98 valence electrons. The number of hydrogen-bond donors (Lipinski definition) is 2. The number of carbonyl (C=O) groups is 1. The number of likely N-dealkylation sites (N-methyl/N-ethyl adjacent to an activating group) is 1. The molecule has 0 amide bonds. The molecule has 1 saturated heterocycles. The summed E-state index contributed by atoms with van der Waals surface area (Å²) >= 11 is 0. The van der Waals surface area contributed by atoms with Crippen LogP contribution in [-0.4, -0.2) is 48.2 Å². The van der Waals surface area contributed by atoms with Crippen LogP contribution in [0.5, 0.6) is 0 Å². The minimum absolute atomic E-state index is 0.187. The summed E-state index contributed by atoms with van der Waals surface area (Å²) in [6.45, 7) is 5.88. The molecule has 2 fully saturated rings. The molecule has 4 heteroatoms. The van der Waals surface area contributed by atoms with Gasteiger partial charge in [-0.05, 0) is 31.7 Å². The zero-order chi connectivity index (χ0) is 12.3. The summed E-state index contributed by atoms with van der Waals surface area (Å²) in [5, 5.41) is 12.6. The number of likely N-dealkylation sites (tertiary alicyclic amines) is 1. The topological polar surface area (TPSA) is 52.6 Å². The Morgan fingerprint density at radius 3 is 2.71 bits per heavy atom. The van der Waals surface area contributed by atoms with Crippen molar-refractivity contribution in [1.29, 1.82) is 0 Å². The molecule has 0 radical (unpaired) electrons. The molecule has 4 nitrogen and oxygen atoms in total. The van der Waals surface area contributed by atoms with Crippen LogP contribution in [0.3, 0.4) is 0 Å². The summed E-state index contributed by atoms with van der Waals surface area (Å²) in [5.74, 6) is 0.00362. The molecule has 0 aromatic rings. The van der Waals surface area contributed by atoms with E-state index in [4.69, 9.17) is 0 Å². The van der Waals surface area contributed by atoms with Gasteiger partial charge < -0.3 is 15.3 Å². The standard InChI is InChI=1S/C13H24N2O2/c1-2-14-12-6-11(13(16)17)8-15(9-12)7-10-4-3-5-10/h10-12,14H,2-9H2,1H3,(H,16,17). The molecule has 2 rings (SSSR count). The molecule has 2 aliphatic rings. The Labute approximate surface area is 103 Å². The quantitative estimate of drug-likeness (QED) is 0.757. The molecule has 2 atom stereocenters. The van der Waals surface area contributed by atoms with E-state index < -0.39 is 5.97 Å². The van der Waals surface area contributed by atoms with Crippen LogP contribution in [0, 0.1) is 11.8 Å². The van der Waals surface area contributed by atoms with E-state index in [1.54, 1.807) is 0 Å². The molecule has 17 heavy (non-hydrogen) atoms. The van der Waals surface area contributed by atoms with Crippen molar-refractivity contribution >= 4 is 5.97 Å². The lowest BCUT2D eigenvalue weighted by atomic mass is 9.84. The van der Waals surface area contributed by atoms with Gasteiger partial charge in [0.05, 0.1) is 5.92 Å². The number of nitrogens with one attached hydrogen (secondary N) is 1. The SMILES string of the molecule is CCNC1CC(C(=O)O)CN(CC2CCC2)C1. The lowest BCUT2D eigenvalue weighted by Gasteiger charge is -2.40. The molecule has 0 aromatic heterocycles. The smallest absolute Gasteiger partial charge is 0.307 e. The van der Waals surface area contributed by atoms with Gasteiger partial charge in [-0.15, -0.1) is 0 Å². The molecule has 2 N–H and O–H groups in total. The second-order valence-electron chi connectivity index (χ2n) is 5.54. The Morgan fingerprint density at radius 1 is 1.41 bits per heavy atom. The van der Waals surface area contributed by atoms with Crippen LogP contribution in [0.1, 0.15) is 32.6 Å². The molecule has 1 aliphatic carbocycles. The van der Waals surface area contributed by atoms with Gasteiger partial charge in [0.15, 0.2) is 0 Å². The third-order valence-corrected chi connectivity index (χ3v) is 4.11. The van der Waals surface area contributed by atoms with Crippen molar-refractivity contribution in [1.82, 2.24) is 10.2 Å². The second kappa shape index (κ2) is 5.83. The Kier molecular flexibility index (Phi) is 4.40. The molecule has 1 heterocycles. The van der Waals surface area contributed by atoms with Gasteiger partial charge in [-0.1, -0.05) is 13.3 Å². The third kappa shape index (κ3) is 3.42. The minimum Gasteiger partial charge on any atom is -0.481 e. The molecule has 1 aliphatic heterocycles. The number of piperidine rings is 1. The van der Waals surface area contributed by atoms with Crippen molar-refractivity contribution in [2.24, 2.45) is 11.8 Å². The summed E-state index contributed by atoms with van der Waals surface area (Å²) in [7, 11) is 0. The van der Waals surface area contributed by atoms with Gasteiger partial charge in [-0.3, -0.25) is 4.79 Å². The van der Waals surface area contributed by atoms with Crippen LogP contribution in [0.15, 0.2) is 0 Å².